The molecule has 0 saturated heterocycles. The molecule has 4 heteroatoms. The Morgan fingerprint density at radius 3 is 2.87 bits per heavy atom. The minimum absolute atomic E-state index is 0.00225. The molecule has 82 valence electrons. The molecule has 1 amide bonds. The summed E-state index contributed by atoms with van der Waals surface area (Å²) in [6, 6.07) is 7.62. The van der Waals surface area contributed by atoms with Crippen LogP contribution in [0.15, 0.2) is 24.3 Å². The second-order valence-corrected chi connectivity index (χ2v) is 4.10. The third-order valence-corrected chi connectivity index (χ3v) is 2.62. The molecule has 0 radical (unpaired) electrons. The number of hydrogen-bond donors (Lipinski definition) is 1. The van der Waals surface area contributed by atoms with E-state index in [1.54, 1.807) is 0 Å². The Balaban J connectivity index is 2.53. The van der Waals surface area contributed by atoms with Gasteiger partial charge in [-0.3, -0.25) is 4.79 Å². The summed E-state index contributed by atoms with van der Waals surface area (Å²) in [5.41, 5.74) is 1.11. The van der Waals surface area contributed by atoms with Gasteiger partial charge in [-0.15, -0.1) is 11.6 Å². The lowest BCUT2D eigenvalue weighted by Gasteiger charge is -2.12. The molecule has 0 aliphatic carbocycles. The minimum atomic E-state index is -0.148. The summed E-state index contributed by atoms with van der Waals surface area (Å²) in [5.74, 6) is 0.0869. The van der Waals surface area contributed by atoms with Gasteiger partial charge in [0.15, 0.2) is 0 Å². The largest absolute Gasteiger partial charge is 0.354 e. The van der Waals surface area contributed by atoms with E-state index in [1.807, 2.05) is 31.2 Å². The molecule has 0 unspecified atom stereocenters. The molecule has 0 aromatic heterocycles. The normalized spacial score (nSPS) is 12.2. The van der Waals surface area contributed by atoms with Gasteiger partial charge in [-0.05, 0) is 23.6 Å². The fourth-order valence-electron chi connectivity index (χ4n) is 1.25. The maximum atomic E-state index is 10.9. The van der Waals surface area contributed by atoms with Gasteiger partial charge in [0.05, 0.1) is 0 Å². The Labute approximate surface area is 99.6 Å². The number of halogens is 2. The summed E-state index contributed by atoms with van der Waals surface area (Å²) in [4.78, 5) is 10.9. The summed E-state index contributed by atoms with van der Waals surface area (Å²) < 4.78 is 0. The van der Waals surface area contributed by atoms with Crippen LogP contribution in [0.25, 0.3) is 0 Å². The Bertz CT molecular complexity index is 341. The molecule has 0 fully saturated rings. The molecule has 1 N–H and O–H groups in total. The standard InChI is InChI=1S/C11H13Cl2NO/c1-8(7-14-11(15)6-12)9-3-2-4-10(13)5-9/h2-5,8H,6-7H2,1H3,(H,14,15)/t8-/m0/s1. The van der Waals surface area contributed by atoms with E-state index in [0.29, 0.717) is 11.6 Å². The third kappa shape index (κ3) is 4.10. The van der Waals surface area contributed by atoms with E-state index in [9.17, 15) is 4.79 Å². The van der Waals surface area contributed by atoms with Crippen molar-refractivity contribution >= 4 is 29.1 Å². The van der Waals surface area contributed by atoms with Crippen LogP contribution < -0.4 is 5.32 Å². The first-order chi connectivity index (χ1) is 7.13. The van der Waals surface area contributed by atoms with Crippen molar-refractivity contribution in [2.75, 3.05) is 12.4 Å². The molecule has 15 heavy (non-hydrogen) atoms. The minimum Gasteiger partial charge on any atom is -0.354 e. The highest BCUT2D eigenvalue weighted by atomic mass is 35.5. The van der Waals surface area contributed by atoms with E-state index in [2.05, 4.69) is 5.32 Å². The SMILES string of the molecule is C[C@@H](CNC(=O)CCl)c1cccc(Cl)c1. The van der Waals surface area contributed by atoms with Gasteiger partial charge in [0.2, 0.25) is 5.91 Å². The molecule has 0 aliphatic heterocycles. The van der Waals surface area contributed by atoms with E-state index in [-0.39, 0.29) is 17.7 Å². The van der Waals surface area contributed by atoms with Gasteiger partial charge in [-0.1, -0.05) is 30.7 Å². The van der Waals surface area contributed by atoms with Crippen LogP contribution in [0.5, 0.6) is 0 Å². The quantitative estimate of drug-likeness (QED) is 0.813. The first-order valence-electron chi connectivity index (χ1n) is 4.71. The van der Waals surface area contributed by atoms with E-state index in [0.717, 1.165) is 5.56 Å². The number of alkyl halides is 1. The van der Waals surface area contributed by atoms with Gasteiger partial charge in [0, 0.05) is 11.6 Å². The number of rotatable bonds is 4. The van der Waals surface area contributed by atoms with Crippen molar-refractivity contribution in [2.24, 2.45) is 0 Å². The van der Waals surface area contributed by atoms with Crippen molar-refractivity contribution in [1.29, 1.82) is 0 Å². The first-order valence-corrected chi connectivity index (χ1v) is 5.63. The molecular formula is C11H13Cl2NO. The average Bonchev–Trinajstić information content (AvgIpc) is 2.25. The lowest BCUT2D eigenvalue weighted by atomic mass is 10.0. The first kappa shape index (κ1) is 12.3. The number of carbonyl (C=O) groups excluding carboxylic acids is 1. The smallest absolute Gasteiger partial charge is 0.234 e. The van der Waals surface area contributed by atoms with Crippen LogP contribution in [0.4, 0.5) is 0 Å². The van der Waals surface area contributed by atoms with Gasteiger partial charge in [-0.2, -0.15) is 0 Å². The molecule has 0 saturated carbocycles. The van der Waals surface area contributed by atoms with Crippen molar-refractivity contribution in [1.82, 2.24) is 5.32 Å². The zero-order chi connectivity index (χ0) is 11.3. The van der Waals surface area contributed by atoms with E-state index in [1.165, 1.54) is 0 Å². The highest BCUT2D eigenvalue weighted by Gasteiger charge is 2.07. The predicted molar refractivity (Wildman–Crippen MR) is 63.6 cm³/mol. The van der Waals surface area contributed by atoms with Gasteiger partial charge in [-0.25, -0.2) is 0 Å². The number of amides is 1. The molecule has 1 rings (SSSR count). The van der Waals surface area contributed by atoms with Crippen LogP contribution in [-0.4, -0.2) is 18.3 Å². The second kappa shape index (κ2) is 5.99. The highest BCUT2D eigenvalue weighted by Crippen LogP contribution is 2.18. The van der Waals surface area contributed by atoms with E-state index < -0.39 is 0 Å². The molecule has 0 bridgehead atoms. The summed E-state index contributed by atoms with van der Waals surface area (Å²) in [7, 11) is 0. The van der Waals surface area contributed by atoms with Gasteiger partial charge >= 0.3 is 0 Å². The fraction of sp³-hybridized carbons (Fsp3) is 0.364. The zero-order valence-electron chi connectivity index (χ0n) is 8.47. The molecule has 0 heterocycles. The predicted octanol–water partition coefficient (Wildman–Crippen LogP) is 2.80. The van der Waals surface area contributed by atoms with E-state index in [4.69, 9.17) is 23.2 Å². The Morgan fingerprint density at radius 1 is 1.53 bits per heavy atom. The third-order valence-electron chi connectivity index (χ3n) is 2.14. The van der Waals surface area contributed by atoms with Crippen molar-refractivity contribution in [3.63, 3.8) is 0 Å². The fourth-order valence-corrected chi connectivity index (χ4v) is 1.54. The maximum absolute atomic E-state index is 10.9. The summed E-state index contributed by atoms with van der Waals surface area (Å²) in [6.45, 7) is 2.60. The maximum Gasteiger partial charge on any atom is 0.234 e. The Hall–Kier alpha value is -0.730. The number of nitrogens with one attached hydrogen (secondary N) is 1. The number of benzene rings is 1. The number of hydrogen-bond acceptors (Lipinski definition) is 1. The van der Waals surface area contributed by atoms with Crippen molar-refractivity contribution in [3.8, 4) is 0 Å². The van der Waals surface area contributed by atoms with Crippen molar-refractivity contribution in [3.05, 3.63) is 34.9 Å². The molecule has 2 nitrogen and oxygen atoms in total. The molecule has 1 aromatic carbocycles. The average molecular weight is 246 g/mol. The molecule has 0 spiro atoms. The Morgan fingerprint density at radius 2 is 2.27 bits per heavy atom. The van der Waals surface area contributed by atoms with Crippen molar-refractivity contribution < 1.29 is 4.79 Å². The topological polar surface area (TPSA) is 29.1 Å². The summed E-state index contributed by atoms with van der Waals surface area (Å²) in [6.07, 6.45) is 0. The van der Waals surface area contributed by atoms with Crippen LogP contribution in [0.1, 0.15) is 18.4 Å². The second-order valence-electron chi connectivity index (χ2n) is 3.39. The lowest BCUT2D eigenvalue weighted by Crippen LogP contribution is -2.28. The van der Waals surface area contributed by atoms with Crippen molar-refractivity contribution in [2.45, 2.75) is 12.8 Å². The van der Waals surface area contributed by atoms with Gasteiger partial charge < -0.3 is 5.32 Å². The van der Waals surface area contributed by atoms with E-state index >= 15 is 0 Å². The monoisotopic (exact) mass is 245 g/mol. The summed E-state index contributed by atoms with van der Waals surface area (Å²) >= 11 is 11.2. The van der Waals surface area contributed by atoms with Crippen LogP contribution in [0, 0.1) is 0 Å². The summed E-state index contributed by atoms with van der Waals surface area (Å²) in [5, 5.41) is 3.45. The van der Waals surface area contributed by atoms with Gasteiger partial charge in [0.25, 0.3) is 0 Å². The van der Waals surface area contributed by atoms with Crippen LogP contribution in [0.3, 0.4) is 0 Å². The van der Waals surface area contributed by atoms with Crippen LogP contribution >= 0.6 is 23.2 Å². The Kier molecular flexibility index (Phi) is 4.92. The van der Waals surface area contributed by atoms with Gasteiger partial charge in [0.1, 0.15) is 5.88 Å². The lowest BCUT2D eigenvalue weighted by molar-refractivity contribution is -0.118. The molecule has 1 atom stereocenters. The molecular weight excluding hydrogens is 233 g/mol. The molecule has 1 aromatic rings. The van der Waals surface area contributed by atoms with Crippen LogP contribution in [-0.2, 0) is 4.79 Å². The zero-order valence-corrected chi connectivity index (χ0v) is 9.98. The molecule has 0 aliphatic rings. The number of carbonyl (C=O) groups is 1. The highest BCUT2D eigenvalue weighted by molar-refractivity contribution is 6.30. The van der Waals surface area contributed by atoms with Crippen LogP contribution in [0.2, 0.25) is 5.02 Å².